The Balaban J connectivity index is 1.30. The highest BCUT2D eigenvalue weighted by molar-refractivity contribution is 8.00. The van der Waals surface area contributed by atoms with E-state index in [0.717, 1.165) is 26.2 Å². The standard InChI is InChI=1S/C23H29N3OS/c1-25-11-13-26(14-12-25)22-8-3-2-5-20(22)16-24-23(27)17-28-21-10-9-18-6-4-7-19(18)15-21/h2-3,5,8-10,15H,4,6-7,11-14,16-17H2,1H3,(H,24,27). The number of amides is 1. The largest absolute Gasteiger partial charge is 0.369 e. The summed E-state index contributed by atoms with van der Waals surface area (Å²) in [6.45, 7) is 4.83. The lowest BCUT2D eigenvalue weighted by molar-refractivity contribution is -0.118. The van der Waals surface area contributed by atoms with Gasteiger partial charge in [0.2, 0.25) is 5.91 Å². The molecule has 1 heterocycles. The molecule has 1 amide bonds. The first-order valence-electron chi connectivity index (χ1n) is 10.2. The zero-order valence-corrected chi connectivity index (χ0v) is 17.4. The molecular weight excluding hydrogens is 366 g/mol. The summed E-state index contributed by atoms with van der Waals surface area (Å²) in [4.78, 5) is 18.4. The van der Waals surface area contributed by atoms with Gasteiger partial charge in [-0.05, 0) is 61.2 Å². The van der Waals surface area contributed by atoms with Gasteiger partial charge in [0.25, 0.3) is 0 Å². The van der Waals surface area contributed by atoms with Gasteiger partial charge >= 0.3 is 0 Å². The van der Waals surface area contributed by atoms with Crippen LogP contribution in [0.4, 0.5) is 5.69 Å². The van der Waals surface area contributed by atoms with E-state index < -0.39 is 0 Å². The number of aryl methyl sites for hydroxylation is 2. The third-order valence-corrected chi connectivity index (χ3v) is 6.75. The highest BCUT2D eigenvalue weighted by atomic mass is 32.2. The highest BCUT2D eigenvalue weighted by Crippen LogP contribution is 2.27. The van der Waals surface area contributed by atoms with E-state index in [9.17, 15) is 4.79 Å². The summed E-state index contributed by atoms with van der Waals surface area (Å²) in [6.07, 6.45) is 3.64. The number of nitrogens with one attached hydrogen (secondary N) is 1. The molecule has 2 aromatic rings. The van der Waals surface area contributed by atoms with Gasteiger partial charge < -0.3 is 15.1 Å². The number of para-hydroxylation sites is 1. The van der Waals surface area contributed by atoms with E-state index in [1.165, 1.54) is 46.5 Å². The first-order chi connectivity index (χ1) is 13.7. The third kappa shape index (κ3) is 4.70. The maximum absolute atomic E-state index is 12.4. The minimum Gasteiger partial charge on any atom is -0.369 e. The molecule has 0 aromatic heterocycles. The number of thioether (sulfide) groups is 1. The molecule has 0 saturated carbocycles. The van der Waals surface area contributed by atoms with E-state index in [4.69, 9.17) is 0 Å². The molecule has 4 rings (SSSR count). The van der Waals surface area contributed by atoms with Crippen LogP contribution in [0.15, 0.2) is 47.4 Å². The SMILES string of the molecule is CN1CCN(c2ccccc2CNC(=O)CSc2ccc3c(c2)CCC3)CC1. The van der Waals surface area contributed by atoms with Crippen LogP contribution in [0.5, 0.6) is 0 Å². The second kappa shape index (κ2) is 9.01. The quantitative estimate of drug-likeness (QED) is 0.761. The number of carbonyl (C=O) groups excluding carboxylic acids is 1. The van der Waals surface area contributed by atoms with E-state index in [0.29, 0.717) is 12.3 Å². The van der Waals surface area contributed by atoms with Crippen LogP contribution >= 0.6 is 11.8 Å². The molecule has 0 spiro atoms. The Morgan fingerprint density at radius 2 is 1.82 bits per heavy atom. The third-order valence-electron chi connectivity index (χ3n) is 5.75. The second-order valence-corrected chi connectivity index (χ2v) is 8.82. The van der Waals surface area contributed by atoms with Crippen molar-refractivity contribution in [2.75, 3.05) is 43.9 Å². The molecule has 1 aliphatic heterocycles. The summed E-state index contributed by atoms with van der Waals surface area (Å²) in [5.74, 6) is 0.564. The van der Waals surface area contributed by atoms with Crippen LogP contribution in [-0.2, 0) is 24.2 Å². The van der Waals surface area contributed by atoms with E-state index >= 15 is 0 Å². The van der Waals surface area contributed by atoms with Gasteiger partial charge in [0, 0.05) is 43.3 Å². The van der Waals surface area contributed by atoms with E-state index in [1.807, 2.05) is 0 Å². The molecule has 0 bridgehead atoms. The number of rotatable bonds is 6. The normalized spacial score (nSPS) is 16.8. The first kappa shape index (κ1) is 19.3. The Hall–Kier alpha value is -1.98. The van der Waals surface area contributed by atoms with E-state index in [1.54, 1.807) is 11.8 Å². The summed E-state index contributed by atoms with van der Waals surface area (Å²) >= 11 is 1.63. The van der Waals surface area contributed by atoms with Crippen LogP contribution in [0.3, 0.4) is 0 Å². The molecule has 2 aliphatic rings. The van der Waals surface area contributed by atoms with Gasteiger partial charge in [-0.2, -0.15) is 0 Å². The maximum atomic E-state index is 12.4. The van der Waals surface area contributed by atoms with Crippen LogP contribution in [0, 0.1) is 0 Å². The first-order valence-corrected chi connectivity index (χ1v) is 11.2. The number of carbonyl (C=O) groups is 1. The van der Waals surface area contributed by atoms with Gasteiger partial charge in [-0.15, -0.1) is 11.8 Å². The minimum atomic E-state index is 0.0960. The molecule has 1 fully saturated rings. The van der Waals surface area contributed by atoms with Gasteiger partial charge in [-0.25, -0.2) is 0 Å². The number of piperazine rings is 1. The lowest BCUT2D eigenvalue weighted by atomic mass is 10.1. The Bertz CT molecular complexity index is 830. The summed E-state index contributed by atoms with van der Waals surface area (Å²) in [5, 5.41) is 3.11. The van der Waals surface area contributed by atoms with Crippen molar-refractivity contribution < 1.29 is 4.79 Å². The van der Waals surface area contributed by atoms with Crippen LogP contribution in [0.25, 0.3) is 0 Å². The van der Waals surface area contributed by atoms with Crippen molar-refractivity contribution in [1.82, 2.24) is 10.2 Å². The van der Waals surface area contributed by atoms with Crippen molar-refractivity contribution in [3.63, 3.8) is 0 Å². The second-order valence-electron chi connectivity index (χ2n) is 7.77. The molecule has 0 radical (unpaired) electrons. The van der Waals surface area contributed by atoms with E-state index in [2.05, 4.69) is 64.6 Å². The topological polar surface area (TPSA) is 35.6 Å². The maximum Gasteiger partial charge on any atom is 0.230 e. The Kier molecular flexibility index (Phi) is 6.23. The zero-order chi connectivity index (χ0) is 19.3. The van der Waals surface area contributed by atoms with Gasteiger partial charge in [-0.3, -0.25) is 4.79 Å². The summed E-state index contributed by atoms with van der Waals surface area (Å²) in [6, 6.07) is 15.1. The number of hydrogen-bond donors (Lipinski definition) is 1. The highest BCUT2D eigenvalue weighted by Gasteiger charge is 2.17. The van der Waals surface area contributed by atoms with Crippen LogP contribution in [-0.4, -0.2) is 49.8 Å². The number of anilines is 1. The van der Waals surface area contributed by atoms with Gasteiger partial charge in [0.1, 0.15) is 0 Å². The van der Waals surface area contributed by atoms with Crippen molar-refractivity contribution in [2.45, 2.75) is 30.7 Å². The van der Waals surface area contributed by atoms with Crippen molar-refractivity contribution >= 4 is 23.4 Å². The Morgan fingerprint density at radius 1 is 1.04 bits per heavy atom. The van der Waals surface area contributed by atoms with Gasteiger partial charge in [0.15, 0.2) is 0 Å². The molecule has 4 nitrogen and oxygen atoms in total. The fourth-order valence-corrected chi connectivity index (χ4v) is 4.84. The average Bonchev–Trinajstić information content (AvgIpc) is 3.19. The molecule has 148 valence electrons. The predicted octanol–water partition coefficient (Wildman–Crippen LogP) is 3.34. The number of fused-ring (bicyclic) bond motifs is 1. The van der Waals surface area contributed by atoms with Crippen molar-refractivity contribution in [3.8, 4) is 0 Å². The van der Waals surface area contributed by atoms with Gasteiger partial charge in [-0.1, -0.05) is 24.3 Å². The minimum absolute atomic E-state index is 0.0960. The van der Waals surface area contributed by atoms with Crippen molar-refractivity contribution in [3.05, 3.63) is 59.2 Å². The average molecular weight is 396 g/mol. The van der Waals surface area contributed by atoms with E-state index in [-0.39, 0.29) is 5.91 Å². The molecule has 1 N–H and O–H groups in total. The van der Waals surface area contributed by atoms with Crippen molar-refractivity contribution in [1.29, 1.82) is 0 Å². The van der Waals surface area contributed by atoms with Crippen LogP contribution in [0.1, 0.15) is 23.1 Å². The molecule has 1 aliphatic carbocycles. The number of nitrogens with zero attached hydrogens (tertiary/aromatic N) is 2. The Labute approximate surface area is 172 Å². The fourth-order valence-electron chi connectivity index (χ4n) is 4.05. The van der Waals surface area contributed by atoms with Crippen molar-refractivity contribution in [2.24, 2.45) is 0 Å². The van der Waals surface area contributed by atoms with Gasteiger partial charge in [0.05, 0.1) is 5.75 Å². The predicted molar refractivity (Wildman–Crippen MR) is 117 cm³/mol. The molecule has 0 unspecified atom stereocenters. The summed E-state index contributed by atoms with van der Waals surface area (Å²) < 4.78 is 0. The lowest BCUT2D eigenvalue weighted by Gasteiger charge is -2.35. The van der Waals surface area contributed by atoms with Crippen LogP contribution < -0.4 is 10.2 Å². The molecule has 0 atom stereocenters. The molecule has 1 saturated heterocycles. The molecule has 2 aromatic carbocycles. The number of likely N-dealkylation sites (N-methyl/N-ethyl adjacent to an activating group) is 1. The Morgan fingerprint density at radius 3 is 2.68 bits per heavy atom. The monoisotopic (exact) mass is 395 g/mol. The fraction of sp³-hybridized carbons (Fsp3) is 0.435. The number of benzene rings is 2. The summed E-state index contributed by atoms with van der Waals surface area (Å²) in [5.41, 5.74) is 5.39. The number of hydrogen-bond acceptors (Lipinski definition) is 4. The molecule has 28 heavy (non-hydrogen) atoms. The molecular formula is C23H29N3OS. The van der Waals surface area contributed by atoms with Crippen LogP contribution in [0.2, 0.25) is 0 Å². The zero-order valence-electron chi connectivity index (χ0n) is 16.6. The lowest BCUT2D eigenvalue weighted by Crippen LogP contribution is -2.45. The molecule has 5 heteroatoms. The smallest absolute Gasteiger partial charge is 0.230 e. The summed E-state index contributed by atoms with van der Waals surface area (Å²) in [7, 11) is 2.17.